The number of aromatic nitrogens is 4. The number of nitrogens with one attached hydrogen (secondary N) is 1. The van der Waals surface area contributed by atoms with Gasteiger partial charge < -0.3 is 0 Å². The molecule has 1 N–H and O–H groups in total. The number of rotatable bonds is 3. The molecule has 1 aromatic carbocycles. The van der Waals surface area contributed by atoms with E-state index < -0.39 is 0 Å². The molecule has 0 aliphatic heterocycles. The van der Waals surface area contributed by atoms with Crippen molar-refractivity contribution in [2.75, 3.05) is 0 Å². The number of aromatic amines is 1. The molecule has 0 saturated heterocycles. The lowest BCUT2D eigenvalue weighted by Crippen LogP contribution is -1.95. The minimum Gasteiger partial charge on any atom is -0.265 e. The van der Waals surface area contributed by atoms with Gasteiger partial charge in [0.25, 0.3) is 0 Å². The predicted octanol–water partition coefficient (Wildman–Crippen LogP) is 3.65. The van der Waals surface area contributed by atoms with Crippen molar-refractivity contribution in [2.45, 2.75) is 0 Å². The van der Waals surface area contributed by atoms with E-state index in [9.17, 15) is 0 Å². The molecule has 2 heterocycles. The fourth-order valence-corrected chi connectivity index (χ4v) is 2.20. The van der Waals surface area contributed by atoms with Gasteiger partial charge in [-0.1, -0.05) is 28.1 Å². The van der Waals surface area contributed by atoms with Gasteiger partial charge in [-0.15, -0.1) is 0 Å². The summed E-state index contributed by atoms with van der Waals surface area (Å²) in [5.74, 6) is 0.649. The Morgan fingerprint density at radius 2 is 1.86 bits per heavy atom. The van der Waals surface area contributed by atoms with Crippen molar-refractivity contribution >= 4 is 34.4 Å². The van der Waals surface area contributed by atoms with Crippen molar-refractivity contribution in [1.29, 1.82) is 0 Å². The molecule has 0 aliphatic rings. The summed E-state index contributed by atoms with van der Waals surface area (Å²) in [4.78, 5) is 3.99. The standard InChI is InChI=1S/C14H10BrN5S/c15-12-3-1-10(2-4-12)9-17-20-13(18-19-14(20)21)11-5-7-16-8-6-11/h1-9H,(H,19,21)/b17-9+. The first-order chi connectivity index (χ1) is 10.2. The quantitative estimate of drug-likeness (QED) is 0.573. The Balaban J connectivity index is 1.98. The largest absolute Gasteiger partial charge is 0.265 e. The molecule has 0 amide bonds. The van der Waals surface area contributed by atoms with Crippen LogP contribution in [0.3, 0.4) is 0 Å². The van der Waals surface area contributed by atoms with Crippen molar-refractivity contribution in [3.63, 3.8) is 0 Å². The summed E-state index contributed by atoms with van der Waals surface area (Å²) < 4.78 is 3.06. The molecule has 7 heteroatoms. The fraction of sp³-hybridized carbons (Fsp3) is 0. The fourth-order valence-electron chi connectivity index (χ4n) is 1.76. The van der Waals surface area contributed by atoms with Crippen LogP contribution in [0, 0.1) is 4.77 Å². The summed E-state index contributed by atoms with van der Waals surface area (Å²) in [5, 5.41) is 11.4. The molecular formula is C14H10BrN5S. The van der Waals surface area contributed by atoms with Crippen LogP contribution >= 0.6 is 28.1 Å². The number of H-pyrrole nitrogens is 1. The molecule has 3 aromatic rings. The highest BCUT2D eigenvalue weighted by atomic mass is 79.9. The number of hydrogen-bond donors (Lipinski definition) is 1. The number of halogens is 1. The van der Waals surface area contributed by atoms with Gasteiger partial charge in [-0.05, 0) is 42.0 Å². The third-order valence-corrected chi connectivity index (χ3v) is 3.57. The van der Waals surface area contributed by atoms with Crippen LogP contribution in [0.4, 0.5) is 0 Å². The van der Waals surface area contributed by atoms with E-state index in [0.717, 1.165) is 15.6 Å². The van der Waals surface area contributed by atoms with Crippen molar-refractivity contribution in [1.82, 2.24) is 19.9 Å². The van der Waals surface area contributed by atoms with Gasteiger partial charge in [0.05, 0.1) is 6.21 Å². The maximum atomic E-state index is 5.22. The van der Waals surface area contributed by atoms with Crippen molar-refractivity contribution < 1.29 is 0 Å². The second kappa shape index (κ2) is 6.11. The molecule has 0 bridgehead atoms. The first-order valence-electron chi connectivity index (χ1n) is 6.12. The van der Waals surface area contributed by atoms with Crippen LogP contribution < -0.4 is 0 Å². The number of pyridine rings is 1. The molecule has 3 rings (SSSR count). The highest BCUT2D eigenvalue weighted by Crippen LogP contribution is 2.16. The van der Waals surface area contributed by atoms with Crippen LogP contribution in [0.1, 0.15) is 5.56 Å². The highest BCUT2D eigenvalue weighted by molar-refractivity contribution is 9.10. The summed E-state index contributed by atoms with van der Waals surface area (Å²) >= 11 is 8.62. The second-order valence-corrected chi connectivity index (χ2v) is 5.50. The molecule has 0 atom stereocenters. The average Bonchev–Trinajstić information content (AvgIpc) is 2.89. The van der Waals surface area contributed by atoms with E-state index in [1.54, 1.807) is 23.3 Å². The molecule has 0 unspecified atom stereocenters. The van der Waals surface area contributed by atoms with E-state index in [0.29, 0.717) is 10.6 Å². The molecule has 0 saturated carbocycles. The van der Waals surface area contributed by atoms with Gasteiger partial charge in [0.1, 0.15) is 0 Å². The monoisotopic (exact) mass is 359 g/mol. The summed E-state index contributed by atoms with van der Waals surface area (Å²) in [5.41, 5.74) is 1.87. The molecule has 0 aliphatic carbocycles. The van der Waals surface area contributed by atoms with Crippen LogP contribution in [0.25, 0.3) is 11.4 Å². The molecule has 0 spiro atoms. The summed E-state index contributed by atoms with van der Waals surface area (Å²) in [6.07, 6.45) is 5.15. The Morgan fingerprint density at radius 1 is 1.14 bits per heavy atom. The molecule has 0 radical (unpaired) electrons. The van der Waals surface area contributed by atoms with E-state index in [1.807, 2.05) is 36.4 Å². The van der Waals surface area contributed by atoms with Crippen LogP contribution in [0.15, 0.2) is 58.4 Å². The SMILES string of the molecule is S=c1[nH]nc(-c2ccncc2)n1/N=C/c1ccc(Br)cc1. The molecule has 2 aromatic heterocycles. The maximum Gasteiger partial charge on any atom is 0.216 e. The van der Waals surface area contributed by atoms with Gasteiger partial charge >= 0.3 is 0 Å². The molecule has 0 fully saturated rings. The lowest BCUT2D eigenvalue weighted by Gasteiger charge is -2.00. The Kier molecular flexibility index (Phi) is 4.03. The zero-order valence-corrected chi connectivity index (χ0v) is 13.2. The van der Waals surface area contributed by atoms with Crippen molar-refractivity contribution in [3.05, 3.63) is 63.6 Å². The minimum absolute atomic E-state index is 0.440. The van der Waals surface area contributed by atoms with Crippen LogP contribution in [-0.2, 0) is 0 Å². The molecular weight excluding hydrogens is 350 g/mol. The normalized spacial score (nSPS) is 11.1. The van der Waals surface area contributed by atoms with Crippen LogP contribution in [-0.4, -0.2) is 26.1 Å². The minimum atomic E-state index is 0.440. The predicted molar refractivity (Wildman–Crippen MR) is 87.8 cm³/mol. The van der Waals surface area contributed by atoms with Gasteiger partial charge in [-0.25, -0.2) is 5.10 Å². The zero-order chi connectivity index (χ0) is 14.7. The molecule has 104 valence electrons. The number of hydrogen-bond acceptors (Lipinski definition) is 4. The lowest BCUT2D eigenvalue weighted by molar-refractivity contribution is 0.871. The van der Waals surface area contributed by atoms with Gasteiger partial charge in [0.2, 0.25) is 4.77 Å². The van der Waals surface area contributed by atoms with Crippen molar-refractivity contribution in [2.24, 2.45) is 5.10 Å². The molecule has 5 nitrogen and oxygen atoms in total. The third kappa shape index (κ3) is 3.14. The highest BCUT2D eigenvalue weighted by Gasteiger charge is 2.07. The average molecular weight is 360 g/mol. The zero-order valence-electron chi connectivity index (χ0n) is 10.8. The lowest BCUT2D eigenvalue weighted by atomic mass is 10.2. The van der Waals surface area contributed by atoms with Gasteiger partial charge in [-0.3, -0.25) is 4.98 Å². The summed E-state index contributed by atoms with van der Waals surface area (Å²) in [7, 11) is 0. The Labute approximate surface area is 134 Å². The van der Waals surface area contributed by atoms with Gasteiger partial charge in [0.15, 0.2) is 5.82 Å². The Morgan fingerprint density at radius 3 is 2.57 bits per heavy atom. The molecule has 21 heavy (non-hydrogen) atoms. The number of nitrogens with zero attached hydrogens (tertiary/aromatic N) is 4. The summed E-state index contributed by atoms with van der Waals surface area (Å²) in [6.45, 7) is 0. The second-order valence-electron chi connectivity index (χ2n) is 4.20. The first kappa shape index (κ1) is 13.8. The van der Waals surface area contributed by atoms with E-state index in [-0.39, 0.29) is 0 Å². The van der Waals surface area contributed by atoms with Crippen molar-refractivity contribution in [3.8, 4) is 11.4 Å². The van der Waals surface area contributed by atoms with E-state index in [1.165, 1.54) is 0 Å². The Bertz CT molecular complexity index is 821. The third-order valence-electron chi connectivity index (χ3n) is 2.78. The van der Waals surface area contributed by atoms with Crippen LogP contribution in [0.5, 0.6) is 0 Å². The topological polar surface area (TPSA) is 58.9 Å². The number of benzene rings is 1. The van der Waals surface area contributed by atoms with E-state index >= 15 is 0 Å². The first-order valence-corrected chi connectivity index (χ1v) is 7.32. The van der Waals surface area contributed by atoms with E-state index in [2.05, 4.69) is 36.2 Å². The van der Waals surface area contributed by atoms with Crippen LogP contribution in [0.2, 0.25) is 0 Å². The van der Waals surface area contributed by atoms with Gasteiger partial charge in [-0.2, -0.15) is 14.9 Å². The summed E-state index contributed by atoms with van der Waals surface area (Å²) in [6, 6.07) is 11.6. The maximum absolute atomic E-state index is 5.22. The Hall–Kier alpha value is -2.12. The van der Waals surface area contributed by atoms with E-state index in [4.69, 9.17) is 12.2 Å². The smallest absolute Gasteiger partial charge is 0.216 e. The van der Waals surface area contributed by atoms with Gasteiger partial charge in [0, 0.05) is 22.4 Å².